The number of para-hydroxylation sites is 1. The van der Waals surface area contributed by atoms with Crippen molar-refractivity contribution >= 4 is 23.4 Å². The molecule has 3 aromatic carbocycles. The first-order valence-corrected chi connectivity index (χ1v) is 11.1. The lowest BCUT2D eigenvalue weighted by Crippen LogP contribution is -2.16. The topological polar surface area (TPSA) is 69.0 Å². The van der Waals surface area contributed by atoms with Crippen LogP contribution < -0.4 is 10.1 Å². The third kappa shape index (κ3) is 4.76. The lowest BCUT2D eigenvalue weighted by molar-refractivity contribution is -0.113. The SMILES string of the molecule is COc1ccccc1-c1nnc(SCC(=O)Nc2ccc(F)c(F)c2F)n1-c1ccc(C)cc1. The van der Waals surface area contributed by atoms with E-state index in [1.807, 2.05) is 49.4 Å². The summed E-state index contributed by atoms with van der Waals surface area (Å²) in [5.41, 5.74) is 2.10. The molecule has 1 amide bonds. The zero-order valence-electron chi connectivity index (χ0n) is 18.2. The molecule has 1 heterocycles. The molecule has 0 fully saturated rings. The Morgan fingerprint density at radius 2 is 1.74 bits per heavy atom. The Balaban J connectivity index is 1.63. The molecular formula is C24H19F3N4O2S. The summed E-state index contributed by atoms with van der Waals surface area (Å²) in [6.07, 6.45) is 0. The van der Waals surface area contributed by atoms with Gasteiger partial charge in [-0.25, -0.2) is 13.2 Å². The average Bonchev–Trinajstić information content (AvgIpc) is 3.27. The molecule has 174 valence electrons. The summed E-state index contributed by atoms with van der Waals surface area (Å²) in [6.45, 7) is 1.97. The second-order valence-electron chi connectivity index (χ2n) is 7.24. The third-order valence-corrected chi connectivity index (χ3v) is 5.84. The number of halogens is 3. The van der Waals surface area contributed by atoms with Gasteiger partial charge in [-0.1, -0.05) is 41.6 Å². The molecule has 0 saturated carbocycles. The molecule has 4 aromatic rings. The summed E-state index contributed by atoms with van der Waals surface area (Å²) in [5, 5.41) is 11.2. The summed E-state index contributed by atoms with van der Waals surface area (Å²) >= 11 is 1.06. The minimum atomic E-state index is -1.65. The fourth-order valence-electron chi connectivity index (χ4n) is 3.23. The van der Waals surface area contributed by atoms with Gasteiger partial charge < -0.3 is 10.1 Å². The van der Waals surface area contributed by atoms with Gasteiger partial charge in [-0.15, -0.1) is 10.2 Å². The van der Waals surface area contributed by atoms with Crippen molar-refractivity contribution in [3.05, 3.63) is 83.7 Å². The normalized spacial score (nSPS) is 10.9. The number of methoxy groups -OCH3 is 1. The molecule has 0 atom stereocenters. The van der Waals surface area contributed by atoms with Crippen molar-refractivity contribution in [2.75, 3.05) is 18.2 Å². The monoisotopic (exact) mass is 484 g/mol. The van der Waals surface area contributed by atoms with E-state index in [1.165, 1.54) is 0 Å². The van der Waals surface area contributed by atoms with Crippen molar-refractivity contribution in [2.24, 2.45) is 0 Å². The quantitative estimate of drug-likeness (QED) is 0.281. The van der Waals surface area contributed by atoms with Gasteiger partial charge in [-0.3, -0.25) is 9.36 Å². The molecule has 0 radical (unpaired) electrons. The zero-order chi connectivity index (χ0) is 24.2. The Morgan fingerprint density at radius 3 is 2.47 bits per heavy atom. The number of benzene rings is 3. The van der Waals surface area contributed by atoms with Gasteiger partial charge in [0.2, 0.25) is 5.91 Å². The second kappa shape index (κ2) is 10.0. The number of carbonyl (C=O) groups excluding carboxylic acids is 1. The second-order valence-corrected chi connectivity index (χ2v) is 8.18. The van der Waals surface area contributed by atoms with Crippen LogP contribution in [0.5, 0.6) is 5.75 Å². The molecule has 1 aromatic heterocycles. The molecule has 0 aliphatic rings. The highest BCUT2D eigenvalue weighted by atomic mass is 32.2. The van der Waals surface area contributed by atoms with E-state index in [1.54, 1.807) is 17.7 Å². The van der Waals surface area contributed by atoms with Crippen LogP contribution in [0, 0.1) is 24.4 Å². The Kier molecular flexibility index (Phi) is 6.87. The van der Waals surface area contributed by atoms with Gasteiger partial charge in [0, 0.05) is 5.69 Å². The summed E-state index contributed by atoms with van der Waals surface area (Å²) in [5.74, 6) is -4.12. The number of aromatic nitrogens is 3. The maximum absolute atomic E-state index is 13.9. The predicted octanol–water partition coefficient (Wildman–Crippen LogP) is 5.40. The first-order valence-electron chi connectivity index (χ1n) is 10.1. The molecule has 1 N–H and O–H groups in total. The highest BCUT2D eigenvalue weighted by molar-refractivity contribution is 7.99. The van der Waals surface area contributed by atoms with E-state index in [0.29, 0.717) is 22.3 Å². The first-order chi connectivity index (χ1) is 16.4. The first kappa shape index (κ1) is 23.4. The van der Waals surface area contributed by atoms with E-state index < -0.39 is 29.0 Å². The number of hydrogen-bond donors (Lipinski definition) is 1. The summed E-state index contributed by atoms with van der Waals surface area (Å²) in [6, 6.07) is 16.7. The summed E-state index contributed by atoms with van der Waals surface area (Å²) in [7, 11) is 1.56. The average molecular weight is 485 g/mol. The molecule has 0 unspecified atom stereocenters. The van der Waals surface area contributed by atoms with Gasteiger partial charge in [-0.2, -0.15) is 0 Å². The van der Waals surface area contributed by atoms with Crippen molar-refractivity contribution in [1.29, 1.82) is 0 Å². The number of nitrogens with one attached hydrogen (secondary N) is 1. The number of amides is 1. The molecule has 34 heavy (non-hydrogen) atoms. The lowest BCUT2D eigenvalue weighted by atomic mass is 10.1. The minimum absolute atomic E-state index is 0.172. The Bertz CT molecular complexity index is 1340. The van der Waals surface area contributed by atoms with Crippen molar-refractivity contribution in [3.8, 4) is 22.8 Å². The van der Waals surface area contributed by atoms with Crippen molar-refractivity contribution in [2.45, 2.75) is 12.1 Å². The Labute approximate surface area is 197 Å². The number of anilines is 1. The predicted molar refractivity (Wildman–Crippen MR) is 124 cm³/mol. The fourth-order valence-corrected chi connectivity index (χ4v) is 3.98. The molecule has 4 rings (SSSR count). The molecule has 0 spiro atoms. The molecule has 0 aliphatic heterocycles. The maximum atomic E-state index is 13.9. The molecule has 0 aliphatic carbocycles. The number of thioether (sulfide) groups is 1. The smallest absolute Gasteiger partial charge is 0.234 e. The van der Waals surface area contributed by atoms with E-state index >= 15 is 0 Å². The number of hydrogen-bond acceptors (Lipinski definition) is 5. The van der Waals surface area contributed by atoms with E-state index in [9.17, 15) is 18.0 Å². The van der Waals surface area contributed by atoms with Gasteiger partial charge in [0.1, 0.15) is 5.75 Å². The van der Waals surface area contributed by atoms with Crippen LogP contribution in [-0.2, 0) is 4.79 Å². The molecule has 10 heteroatoms. The number of aryl methyl sites for hydroxylation is 1. The molecule has 0 saturated heterocycles. The highest BCUT2D eigenvalue weighted by Crippen LogP contribution is 2.33. The molecule has 6 nitrogen and oxygen atoms in total. The summed E-state index contributed by atoms with van der Waals surface area (Å²) < 4.78 is 47.7. The number of ether oxygens (including phenoxy) is 1. The van der Waals surface area contributed by atoms with Crippen LogP contribution in [0.3, 0.4) is 0 Å². The Morgan fingerprint density at radius 1 is 1.00 bits per heavy atom. The van der Waals surface area contributed by atoms with E-state index in [0.717, 1.165) is 35.1 Å². The van der Waals surface area contributed by atoms with Crippen molar-refractivity contribution in [3.63, 3.8) is 0 Å². The van der Waals surface area contributed by atoms with Gasteiger partial charge in [0.25, 0.3) is 0 Å². The van der Waals surface area contributed by atoms with Crippen molar-refractivity contribution < 1.29 is 22.7 Å². The van der Waals surface area contributed by atoms with Crippen molar-refractivity contribution in [1.82, 2.24) is 14.8 Å². The van der Waals surface area contributed by atoms with Gasteiger partial charge in [0.15, 0.2) is 28.4 Å². The number of nitrogens with zero attached hydrogens (tertiary/aromatic N) is 3. The highest BCUT2D eigenvalue weighted by Gasteiger charge is 2.20. The fraction of sp³-hybridized carbons (Fsp3) is 0.125. The standard InChI is InChI=1S/C24H19F3N4O2S/c1-14-7-9-15(10-8-14)31-23(16-5-3-4-6-19(16)33-2)29-30-24(31)34-13-20(32)28-18-12-11-17(25)21(26)22(18)27/h3-12H,13H2,1-2H3,(H,28,32). The van der Waals surface area contributed by atoms with Crippen LogP contribution in [0.1, 0.15) is 5.56 Å². The van der Waals surface area contributed by atoms with E-state index in [4.69, 9.17) is 4.74 Å². The maximum Gasteiger partial charge on any atom is 0.234 e. The van der Waals surface area contributed by atoms with Crippen LogP contribution in [0.15, 0.2) is 65.8 Å². The number of carbonyl (C=O) groups is 1. The largest absolute Gasteiger partial charge is 0.496 e. The minimum Gasteiger partial charge on any atom is -0.496 e. The van der Waals surface area contributed by atoms with Crippen LogP contribution in [0.2, 0.25) is 0 Å². The third-order valence-electron chi connectivity index (χ3n) is 4.92. The van der Waals surface area contributed by atoms with Crippen LogP contribution in [-0.4, -0.2) is 33.5 Å². The van der Waals surface area contributed by atoms with E-state index in [2.05, 4.69) is 15.5 Å². The zero-order valence-corrected chi connectivity index (χ0v) is 19.0. The van der Waals surface area contributed by atoms with Crippen LogP contribution in [0.4, 0.5) is 18.9 Å². The van der Waals surface area contributed by atoms with Gasteiger partial charge in [0.05, 0.1) is 24.1 Å². The molecule has 0 bridgehead atoms. The van der Waals surface area contributed by atoms with Crippen LogP contribution in [0.25, 0.3) is 17.1 Å². The molecular weight excluding hydrogens is 465 g/mol. The van der Waals surface area contributed by atoms with Crippen LogP contribution >= 0.6 is 11.8 Å². The Hall–Kier alpha value is -3.79. The lowest BCUT2D eigenvalue weighted by Gasteiger charge is -2.13. The summed E-state index contributed by atoms with van der Waals surface area (Å²) in [4.78, 5) is 12.4. The number of rotatable bonds is 7. The van der Waals surface area contributed by atoms with Gasteiger partial charge in [-0.05, 0) is 43.3 Å². The van der Waals surface area contributed by atoms with E-state index in [-0.39, 0.29) is 5.75 Å². The van der Waals surface area contributed by atoms with Gasteiger partial charge >= 0.3 is 0 Å².